The summed E-state index contributed by atoms with van der Waals surface area (Å²) in [6, 6.07) is 8.67. The highest BCUT2D eigenvalue weighted by molar-refractivity contribution is 5.86. The topological polar surface area (TPSA) is 51.6 Å². The van der Waals surface area contributed by atoms with E-state index in [1.54, 1.807) is 0 Å². The molecule has 0 spiro atoms. The van der Waals surface area contributed by atoms with Crippen LogP contribution < -0.4 is 5.32 Å². The van der Waals surface area contributed by atoms with E-state index in [0.29, 0.717) is 6.04 Å². The molecule has 0 saturated heterocycles. The van der Waals surface area contributed by atoms with Crippen molar-refractivity contribution in [1.29, 1.82) is 5.26 Å². The second-order valence-corrected chi connectivity index (χ2v) is 4.68. The van der Waals surface area contributed by atoms with E-state index in [9.17, 15) is 0 Å². The summed E-state index contributed by atoms with van der Waals surface area (Å²) in [6.07, 6.45) is 3.33. The molecule has 1 aliphatic rings. The van der Waals surface area contributed by atoms with Crippen molar-refractivity contribution >= 4 is 10.9 Å². The molecule has 0 saturated carbocycles. The summed E-state index contributed by atoms with van der Waals surface area (Å²) in [4.78, 5) is 3.47. The summed E-state index contributed by atoms with van der Waals surface area (Å²) in [5, 5.41) is 13.5. The van der Waals surface area contributed by atoms with Crippen LogP contribution in [0, 0.1) is 11.3 Å². The third-order valence-electron chi connectivity index (χ3n) is 3.73. The fourth-order valence-electron chi connectivity index (χ4n) is 2.73. The van der Waals surface area contributed by atoms with Crippen LogP contribution in [0.3, 0.4) is 0 Å². The lowest BCUT2D eigenvalue weighted by atomic mass is 9.91. The number of fused-ring (bicyclic) bond motifs is 3. The normalized spacial score (nSPS) is 18.9. The molecule has 0 bridgehead atoms. The Morgan fingerprint density at radius 3 is 3.12 bits per heavy atom. The monoisotopic (exact) mass is 225 g/mol. The van der Waals surface area contributed by atoms with E-state index in [-0.39, 0.29) is 0 Å². The number of rotatable bonds is 1. The first-order valence-electron chi connectivity index (χ1n) is 6.02. The highest BCUT2D eigenvalue weighted by Gasteiger charge is 2.21. The summed E-state index contributed by atoms with van der Waals surface area (Å²) in [6.45, 7) is 0. The van der Waals surface area contributed by atoms with Crippen molar-refractivity contribution in [2.24, 2.45) is 0 Å². The minimum Gasteiger partial charge on any atom is -0.358 e. The molecule has 3 nitrogen and oxygen atoms in total. The Morgan fingerprint density at radius 1 is 1.47 bits per heavy atom. The van der Waals surface area contributed by atoms with Gasteiger partial charge in [-0.15, -0.1) is 0 Å². The average molecular weight is 225 g/mol. The van der Waals surface area contributed by atoms with Crippen molar-refractivity contribution < 1.29 is 0 Å². The Labute approximate surface area is 100 Å². The number of H-pyrrole nitrogens is 1. The van der Waals surface area contributed by atoms with E-state index >= 15 is 0 Å². The number of hydrogen-bond donors (Lipinski definition) is 2. The van der Waals surface area contributed by atoms with Gasteiger partial charge in [0.2, 0.25) is 0 Å². The molecule has 0 radical (unpaired) electrons. The lowest BCUT2D eigenvalue weighted by molar-refractivity contribution is 0.495. The van der Waals surface area contributed by atoms with Gasteiger partial charge >= 0.3 is 0 Å². The lowest BCUT2D eigenvalue weighted by Crippen LogP contribution is -2.31. The van der Waals surface area contributed by atoms with E-state index in [4.69, 9.17) is 5.26 Å². The van der Waals surface area contributed by atoms with Gasteiger partial charge in [-0.05, 0) is 50.1 Å². The number of benzene rings is 1. The number of nitrogens with zero attached hydrogens (tertiary/aromatic N) is 1. The summed E-state index contributed by atoms with van der Waals surface area (Å²) >= 11 is 0. The Morgan fingerprint density at radius 2 is 2.35 bits per heavy atom. The van der Waals surface area contributed by atoms with Crippen LogP contribution in [-0.4, -0.2) is 18.1 Å². The summed E-state index contributed by atoms with van der Waals surface area (Å²) in [5.74, 6) is 0. The minimum absolute atomic E-state index is 0.562. The Bertz CT molecular complexity index is 604. The van der Waals surface area contributed by atoms with Crippen molar-refractivity contribution in [1.82, 2.24) is 10.3 Å². The van der Waals surface area contributed by atoms with Gasteiger partial charge in [-0.25, -0.2) is 0 Å². The summed E-state index contributed by atoms with van der Waals surface area (Å²) in [7, 11) is 2.02. The molecule has 0 aliphatic heterocycles. The maximum absolute atomic E-state index is 8.96. The van der Waals surface area contributed by atoms with Gasteiger partial charge in [0, 0.05) is 22.6 Å². The molecule has 17 heavy (non-hydrogen) atoms. The number of aryl methyl sites for hydroxylation is 1. The first kappa shape index (κ1) is 10.4. The second kappa shape index (κ2) is 3.90. The van der Waals surface area contributed by atoms with Crippen LogP contribution in [0.15, 0.2) is 18.2 Å². The molecule has 0 amide bonds. The molecule has 1 aliphatic carbocycles. The zero-order valence-corrected chi connectivity index (χ0v) is 9.88. The standard InChI is InChI=1S/C14H15N3/c1-16-10-3-5-14-12(7-10)11-6-9(8-15)2-4-13(11)17-14/h2,4,6,10,16-17H,3,5,7H2,1H3/t10-/m0/s1. The van der Waals surface area contributed by atoms with E-state index in [1.165, 1.54) is 23.1 Å². The van der Waals surface area contributed by atoms with Gasteiger partial charge in [-0.2, -0.15) is 5.26 Å². The van der Waals surface area contributed by atoms with E-state index < -0.39 is 0 Å². The lowest BCUT2D eigenvalue weighted by Gasteiger charge is -2.21. The first-order chi connectivity index (χ1) is 8.31. The van der Waals surface area contributed by atoms with E-state index in [2.05, 4.69) is 16.4 Å². The van der Waals surface area contributed by atoms with Crippen LogP contribution in [0.25, 0.3) is 10.9 Å². The van der Waals surface area contributed by atoms with Gasteiger partial charge in [0.25, 0.3) is 0 Å². The van der Waals surface area contributed by atoms with Gasteiger partial charge in [-0.3, -0.25) is 0 Å². The smallest absolute Gasteiger partial charge is 0.0991 e. The molecule has 0 fully saturated rings. The number of nitrogens with one attached hydrogen (secondary N) is 2. The number of aromatic nitrogens is 1. The quantitative estimate of drug-likeness (QED) is 0.781. The highest BCUT2D eigenvalue weighted by Crippen LogP contribution is 2.29. The largest absolute Gasteiger partial charge is 0.358 e. The fourth-order valence-corrected chi connectivity index (χ4v) is 2.73. The molecule has 3 heteroatoms. The highest BCUT2D eigenvalue weighted by atomic mass is 14.9. The number of nitriles is 1. The number of likely N-dealkylation sites (N-methyl/N-ethyl adjacent to an activating group) is 1. The molecule has 1 heterocycles. The van der Waals surface area contributed by atoms with Crippen LogP contribution in [0.4, 0.5) is 0 Å². The SMILES string of the molecule is CN[C@H]1CCc2[nH]c3ccc(C#N)cc3c2C1. The summed E-state index contributed by atoms with van der Waals surface area (Å²) < 4.78 is 0. The van der Waals surface area contributed by atoms with Gasteiger partial charge < -0.3 is 10.3 Å². The van der Waals surface area contributed by atoms with Gasteiger partial charge in [0.15, 0.2) is 0 Å². The third-order valence-corrected chi connectivity index (χ3v) is 3.73. The predicted octanol–water partition coefficient (Wildman–Crippen LogP) is 2.12. The van der Waals surface area contributed by atoms with E-state index in [0.717, 1.165) is 23.9 Å². The van der Waals surface area contributed by atoms with Crippen LogP contribution in [0.1, 0.15) is 23.2 Å². The third kappa shape index (κ3) is 1.62. The minimum atomic E-state index is 0.562. The molecule has 2 aromatic rings. The van der Waals surface area contributed by atoms with Crippen LogP contribution in [-0.2, 0) is 12.8 Å². The van der Waals surface area contributed by atoms with Crippen molar-refractivity contribution in [2.75, 3.05) is 7.05 Å². The van der Waals surface area contributed by atoms with Crippen molar-refractivity contribution in [3.05, 3.63) is 35.0 Å². The molecular formula is C14H15N3. The molecular weight excluding hydrogens is 210 g/mol. The van der Waals surface area contributed by atoms with Crippen molar-refractivity contribution in [3.8, 4) is 6.07 Å². The van der Waals surface area contributed by atoms with Gasteiger partial charge in [-0.1, -0.05) is 0 Å². The van der Waals surface area contributed by atoms with Crippen molar-refractivity contribution in [3.63, 3.8) is 0 Å². The van der Waals surface area contributed by atoms with Gasteiger partial charge in [0.05, 0.1) is 11.6 Å². The molecule has 1 aromatic heterocycles. The van der Waals surface area contributed by atoms with Crippen molar-refractivity contribution in [2.45, 2.75) is 25.3 Å². The maximum atomic E-state index is 8.96. The molecule has 1 atom stereocenters. The maximum Gasteiger partial charge on any atom is 0.0991 e. The molecule has 2 N–H and O–H groups in total. The Kier molecular flexibility index (Phi) is 2.38. The first-order valence-corrected chi connectivity index (χ1v) is 6.02. The second-order valence-electron chi connectivity index (χ2n) is 4.68. The zero-order chi connectivity index (χ0) is 11.8. The van der Waals surface area contributed by atoms with Crippen LogP contribution >= 0.6 is 0 Å². The Hall–Kier alpha value is -1.79. The predicted molar refractivity (Wildman–Crippen MR) is 67.9 cm³/mol. The molecule has 3 rings (SSSR count). The average Bonchev–Trinajstić information content (AvgIpc) is 2.75. The van der Waals surface area contributed by atoms with Crippen LogP contribution in [0.2, 0.25) is 0 Å². The van der Waals surface area contributed by atoms with Gasteiger partial charge in [0.1, 0.15) is 0 Å². The summed E-state index contributed by atoms with van der Waals surface area (Å²) in [5.41, 5.74) is 4.64. The fraction of sp³-hybridized carbons (Fsp3) is 0.357. The zero-order valence-electron chi connectivity index (χ0n) is 9.88. The van der Waals surface area contributed by atoms with E-state index in [1.807, 2.05) is 25.2 Å². The number of aromatic amines is 1. The Balaban J connectivity index is 2.16. The molecule has 86 valence electrons. The van der Waals surface area contributed by atoms with Crippen LogP contribution in [0.5, 0.6) is 0 Å². The molecule has 0 unspecified atom stereocenters. The molecule has 1 aromatic carbocycles. The number of hydrogen-bond acceptors (Lipinski definition) is 2.